The van der Waals surface area contributed by atoms with Crippen LogP contribution in [0.4, 0.5) is 4.39 Å². The Morgan fingerprint density at radius 2 is 2.07 bits per heavy atom. The first-order valence-electron chi connectivity index (χ1n) is 4.48. The second-order valence-electron chi connectivity index (χ2n) is 3.00. The fourth-order valence-electron chi connectivity index (χ4n) is 1.31. The Labute approximate surface area is 82.6 Å². The molecule has 0 saturated carbocycles. The summed E-state index contributed by atoms with van der Waals surface area (Å²) in [6.07, 6.45) is 0.666. The maximum absolute atomic E-state index is 13.3. The standard InChI is InChI=1S/C10H14FN3/c1-2-9(14-10(12)13)7-5-3-4-6-8(7)11/h3-6,9H,2H2,1H3,(H4,12,13,14)/t9-/m0/s1. The number of aliphatic imine (C=N–C) groups is 1. The lowest BCUT2D eigenvalue weighted by Gasteiger charge is -2.11. The van der Waals surface area contributed by atoms with Gasteiger partial charge in [0.1, 0.15) is 5.82 Å². The first kappa shape index (κ1) is 10.5. The average Bonchev–Trinajstić information content (AvgIpc) is 2.15. The monoisotopic (exact) mass is 195 g/mol. The van der Waals surface area contributed by atoms with Gasteiger partial charge in [-0.2, -0.15) is 0 Å². The van der Waals surface area contributed by atoms with Gasteiger partial charge in [0.15, 0.2) is 5.96 Å². The molecule has 0 unspecified atom stereocenters. The Bertz CT molecular complexity index is 332. The van der Waals surface area contributed by atoms with Crippen LogP contribution in [-0.2, 0) is 0 Å². The molecule has 4 heteroatoms. The molecule has 1 aromatic rings. The van der Waals surface area contributed by atoms with Crippen molar-refractivity contribution < 1.29 is 4.39 Å². The number of nitrogens with zero attached hydrogens (tertiary/aromatic N) is 1. The number of hydrogen-bond acceptors (Lipinski definition) is 1. The third kappa shape index (κ3) is 2.45. The van der Waals surface area contributed by atoms with Crippen LogP contribution in [0.1, 0.15) is 24.9 Å². The number of guanidine groups is 1. The van der Waals surface area contributed by atoms with Crippen molar-refractivity contribution in [3.05, 3.63) is 35.6 Å². The molecule has 1 atom stereocenters. The molecule has 3 nitrogen and oxygen atoms in total. The molecule has 0 aliphatic carbocycles. The minimum Gasteiger partial charge on any atom is -0.370 e. The van der Waals surface area contributed by atoms with E-state index in [1.165, 1.54) is 6.07 Å². The molecule has 0 spiro atoms. The van der Waals surface area contributed by atoms with Gasteiger partial charge in [-0.05, 0) is 12.5 Å². The van der Waals surface area contributed by atoms with E-state index in [2.05, 4.69) is 4.99 Å². The van der Waals surface area contributed by atoms with E-state index >= 15 is 0 Å². The Hall–Kier alpha value is -1.58. The zero-order valence-corrected chi connectivity index (χ0v) is 8.07. The molecule has 4 N–H and O–H groups in total. The predicted molar refractivity (Wildman–Crippen MR) is 55.2 cm³/mol. The molecule has 0 aromatic heterocycles. The SMILES string of the molecule is CC[C@H](N=C(N)N)c1ccccc1F. The smallest absolute Gasteiger partial charge is 0.186 e. The molecule has 0 heterocycles. The van der Waals surface area contributed by atoms with Crippen LogP contribution in [0.3, 0.4) is 0 Å². The van der Waals surface area contributed by atoms with Crippen LogP contribution in [0.2, 0.25) is 0 Å². The third-order valence-electron chi connectivity index (χ3n) is 1.96. The van der Waals surface area contributed by atoms with Gasteiger partial charge in [0.05, 0.1) is 6.04 Å². The van der Waals surface area contributed by atoms with Gasteiger partial charge in [-0.15, -0.1) is 0 Å². The quantitative estimate of drug-likeness (QED) is 0.567. The van der Waals surface area contributed by atoms with Crippen molar-refractivity contribution in [2.24, 2.45) is 16.5 Å². The second-order valence-corrected chi connectivity index (χ2v) is 3.00. The lowest BCUT2D eigenvalue weighted by molar-refractivity contribution is 0.576. The van der Waals surface area contributed by atoms with E-state index in [1.54, 1.807) is 18.2 Å². The number of benzene rings is 1. The van der Waals surface area contributed by atoms with Crippen LogP contribution in [0.15, 0.2) is 29.3 Å². The molecular weight excluding hydrogens is 181 g/mol. The van der Waals surface area contributed by atoms with Gasteiger partial charge in [0.2, 0.25) is 0 Å². The molecule has 0 radical (unpaired) electrons. The molecule has 0 aliphatic heterocycles. The summed E-state index contributed by atoms with van der Waals surface area (Å²) in [7, 11) is 0. The van der Waals surface area contributed by atoms with Gasteiger partial charge in [0, 0.05) is 5.56 Å². The van der Waals surface area contributed by atoms with E-state index in [4.69, 9.17) is 11.5 Å². The normalized spacial score (nSPS) is 12.1. The van der Waals surface area contributed by atoms with Gasteiger partial charge >= 0.3 is 0 Å². The van der Waals surface area contributed by atoms with Crippen molar-refractivity contribution in [3.8, 4) is 0 Å². The summed E-state index contributed by atoms with van der Waals surface area (Å²) in [4.78, 5) is 3.96. The third-order valence-corrected chi connectivity index (χ3v) is 1.96. The molecule has 0 amide bonds. The fraction of sp³-hybridized carbons (Fsp3) is 0.300. The molecule has 1 rings (SSSR count). The van der Waals surface area contributed by atoms with Gasteiger partial charge < -0.3 is 11.5 Å². The van der Waals surface area contributed by atoms with Crippen LogP contribution in [0.5, 0.6) is 0 Å². The van der Waals surface area contributed by atoms with Crippen LogP contribution < -0.4 is 11.5 Å². The summed E-state index contributed by atoms with van der Waals surface area (Å²) in [6.45, 7) is 1.91. The van der Waals surface area contributed by atoms with E-state index in [9.17, 15) is 4.39 Å². The van der Waals surface area contributed by atoms with Gasteiger partial charge in [-0.25, -0.2) is 9.38 Å². The molecular formula is C10H14FN3. The highest BCUT2D eigenvalue weighted by Gasteiger charge is 2.11. The summed E-state index contributed by atoms with van der Waals surface area (Å²) in [6, 6.07) is 6.21. The Kier molecular flexibility index (Phi) is 3.45. The van der Waals surface area contributed by atoms with Crippen LogP contribution in [0.25, 0.3) is 0 Å². The van der Waals surface area contributed by atoms with Crippen LogP contribution >= 0.6 is 0 Å². The highest BCUT2D eigenvalue weighted by atomic mass is 19.1. The largest absolute Gasteiger partial charge is 0.370 e. The maximum atomic E-state index is 13.3. The topological polar surface area (TPSA) is 64.4 Å². The lowest BCUT2D eigenvalue weighted by Crippen LogP contribution is -2.23. The minimum atomic E-state index is -0.291. The summed E-state index contributed by atoms with van der Waals surface area (Å²) in [5.74, 6) is -0.288. The summed E-state index contributed by atoms with van der Waals surface area (Å²) < 4.78 is 13.3. The molecule has 14 heavy (non-hydrogen) atoms. The summed E-state index contributed by atoms with van der Waals surface area (Å²) >= 11 is 0. The number of rotatable bonds is 3. The average molecular weight is 195 g/mol. The van der Waals surface area contributed by atoms with Crippen molar-refractivity contribution in [3.63, 3.8) is 0 Å². The summed E-state index contributed by atoms with van der Waals surface area (Å²) in [5, 5.41) is 0. The Morgan fingerprint density at radius 3 is 2.57 bits per heavy atom. The van der Waals surface area contributed by atoms with Crippen molar-refractivity contribution in [2.75, 3.05) is 0 Å². The lowest BCUT2D eigenvalue weighted by atomic mass is 10.0. The molecule has 0 aliphatic rings. The van der Waals surface area contributed by atoms with E-state index in [1.807, 2.05) is 6.92 Å². The van der Waals surface area contributed by atoms with Crippen LogP contribution in [-0.4, -0.2) is 5.96 Å². The second kappa shape index (κ2) is 4.60. The zero-order chi connectivity index (χ0) is 10.6. The molecule has 0 fully saturated rings. The van der Waals surface area contributed by atoms with Gasteiger partial charge in [-0.3, -0.25) is 0 Å². The van der Waals surface area contributed by atoms with Crippen molar-refractivity contribution in [1.82, 2.24) is 0 Å². The fourth-order valence-corrected chi connectivity index (χ4v) is 1.31. The Morgan fingerprint density at radius 1 is 1.43 bits per heavy atom. The zero-order valence-electron chi connectivity index (χ0n) is 8.07. The first-order chi connectivity index (χ1) is 6.65. The number of nitrogens with two attached hydrogens (primary N) is 2. The summed E-state index contributed by atoms with van der Waals surface area (Å²) in [5.41, 5.74) is 11.1. The van der Waals surface area contributed by atoms with Crippen molar-refractivity contribution >= 4 is 5.96 Å². The minimum absolute atomic E-state index is 0.0138. The predicted octanol–water partition coefficient (Wildman–Crippen LogP) is 1.55. The van der Waals surface area contributed by atoms with E-state index in [0.29, 0.717) is 12.0 Å². The van der Waals surface area contributed by atoms with Crippen molar-refractivity contribution in [1.29, 1.82) is 0 Å². The molecule has 0 saturated heterocycles. The van der Waals surface area contributed by atoms with Gasteiger partial charge in [-0.1, -0.05) is 25.1 Å². The maximum Gasteiger partial charge on any atom is 0.186 e. The molecule has 0 bridgehead atoms. The molecule has 1 aromatic carbocycles. The first-order valence-corrected chi connectivity index (χ1v) is 4.48. The van der Waals surface area contributed by atoms with Crippen LogP contribution in [0, 0.1) is 5.82 Å². The Balaban J connectivity index is 3.01. The van der Waals surface area contributed by atoms with E-state index in [-0.39, 0.29) is 17.8 Å². The molecule has 76 valence electrons. The highest BCUT2D eigenvalue weighted by molar-refractivity contribution is 5.76. The van der Waals surface area contributed by atoms with E-state index in [0.717, 1.165) is 0 Å². The number of halogens is 1. The van der Waals surface area contributed by atoms with Crippen molar-refractivity contribution in [2.45, 2.75) is 19.4 Å². The number of hydrogen-bond donors (Lipinski definition) is 2. The van der Waals surface area contributed by atoms with E-state index < -0.39 is 0 Å². The van der Waals surface area contributed by atoms with Gasteiger partial charge in [0.25, 0.3) is 0 Å². The highest BCUT2D eigenvalue weighted by Crippen LogP contribution is 2.23.